The molecule has 2 N–H and O–H groups in total. The maximum Gasteiger partial charge on any atom is 0.303 e. The van der Waals surface area contributed by atoms with E-state index in [1.165, 1.54) is 16.6 Å². The standard InChI is InChI=1S/C34H38N2O4/c1-4-5-10-30(26-15-13-24(2)14-16-26)36-20-19-28-23-27(17-18-31(28)36)25(3)22-33(37)35-29-9-6-7-11-32(29)40-21-8-12-34(38)39/h6-7,9,11,13-20,22-23,30H,4-5,8,10,12,21H2,1-3H3,(H,35,37)(H,38,39). The van der Waals surface area contributed by atoms with E-state index in [9.17, 15) is 9.59 Å². The number of ether oxygens (including phenoxy) is 1. The van der Waals surface area contributed by atoms with Gasteiger partial charge < -0.3 is 19.7 Å². The first-order chi connectivity index (χ1) is 19.4. The maximum atomic E-state index is 12.9. The van der Waals surface area contributed by atoms with Gasteiger partial charge in [0.2, 0.25) is 5.91 Å². The van der Waals surface area contributed by atoms with Gasteiger partial charge in [-0.15, -0.1) is 0 Å². The first kappa shape index (κ1) is 28.7. The quantitative estimate of drug-likeness (QED) is 0.133. The molecule has 6 heteroatoms. The maximum absolute atomic E-state index is 12.9. The Morgan fingerprint density at radius 3 is 2.55 bits per heavy atom. The summed E-state index contributed by atoms with van der Waals surface area (Å²) in [6.45, 7) is 6.54. The summed E-state index contributed by atoms with van der Waals surface area (Å²) in [7, 11) is 0. The SMILES string of the molecule is CCCCC(c1ccc(C)cc1)n1ccc2cc(C(C)=CC(=O)Nc3ccccc3OCCCC(=O)O)ccc21. The lowest BCUT2D eigenvalue weighted by atomic mass is 9.99. The van der Waals surface area contributed by atoms with Crippen molar-refractivity contribution in [3.63, 3.8) is 0 Å². The second-order valence-electron chi connectivity index (χ2n) is 10.2. The molecule has 1 unspecified atom stereocenters. The van der Waals surface area contributed by atoms with Crippen LogP contribution >= 0.6 is 0 Å². The Hall–Kier alpha value is -4.32. The number of nitrogens with zero attached hydrogens (tertiary/aromatic N) is 1. The average Bonchev–Trinajstić information content (AvgIpc) is 3.36. The van der Waals surface area contributed by atoms with Crippen LogP contribution in [-0.2, 0) is 9.59 Å². The van der Waals surface area contributed by atoms with Crippen LogP contribution in [0.5, 0.6) is 5.75 Å². The lowest BCUT2D eigenvalue weighted by Gasteiger charge is -2.21. The first-order valence-electron chi connectivity index (χ1n) is 14.0. The van der Waals surface area contributed by atoms with Crippen molar-refractivity contribution in [2.24, 2.45) is 0 Å². The van der Waals surface area contributed by atoms with Crippen LogP contribution in [0.4, 0.5) is 5.69 Å². The number of carboxylic acids is 1. The normalized spacial score (nSPS) is 12.3. The molecule has 6 nitrogen and oxygen atoms in total. The van der Waals surface area contributed by atoms with Crippen molar-refractivity contribution in [2.75, 3.05) is 11.9 Å². The highest BCUT2D eigenvalue weighted by molar-refractivity contribution is 6.04. The fourth-order valence-corrected chi connectivity index (χ4v) is 4.88. The number of carbonyl (C=O) groups is 2. The molecule has 0 aliphatic heterocycles. The highest BCUT2D eigenvalue weighted by Gasteiger charge is 2.16. The van der Waals surface area contributed by atoms with Gasteiger partial charge in [-0.05, 0) is 73.7 Å². The zero-order chi connectivity index (χ0) is 28.5. The summed E-state index contributed by atoms with van der Waals surface area (Å²) in [5.41, 5.74) is 6.15. The number of aromatic nitrogens is 1. The molecular formula is C34H38N2O4. The Balaban J connectivity index is 1.50. The Bertz CT molecular complexity index is 1480. The Morgan fingerprint density at radius 1 is 1.02 bits per heavy atom. The summed E-state index contributed by atoms with van der Waals surface area (Å²) in [5.74, 6) is -0.597. The monoisotopic (exact) mass is 538 g/mol. The van der Waals surface area contributed by atoms with Gasteiger partial charge in [0.1, 0.15) is 5.75 Å². The van der Waals surface area contributed by atoms with Crippen molar-refractivity contribution in [3.8, 4) is 5.75 Å². The molecule has 1 heterocycles. The summed E-state index contributed by atoms with van der Waals surface area (Å²) in [6, 6.07) is 24.8. The number of amides is 1. The van der Waals surface area contributed by atoms with Crippen LogP contribution in [0.15, 0.2) is 85.1 Å². The number of aliphatic carboxylic acids is 1. The van der Waals surface area contributed by atoms with E-state index in [1.54, 1.807) is 18.2 Å². The minimum Gasteiger partial charge on any atom is -0.491 e. The van der Waals surface area contributed by atoms with Crippen molar-refractivity contribution < 1.29 is 19.4 Å². The second kappa shape index (κ2) is 13.7. The lowest BCUT2D eigenvalue weighted by Crippen LogP contribution is -2.11. The molecule has 0 saturated heterocycles. The molecule has 0 spiro atoms. The lowest BCUT2D eigenvalue weighted by molar-refractivity contribution is -0.137. The van der Waals surface area contributed by atoms with E-state index in [2.05, 4.69) is 78.5 Å². The summed E-state index contributed by atoms with van der Waals surface area (Å²) < 4.78 is 8.08. The van der Waals surface area contributed by atoms with Gasteiger partial charge in [-0.2, -0.15) is 0 Å². The highest BCUT2D eigenvalue weighted by Crippen LogP contribution is 2.31. The van der Waals surface area contributed by atoms with Crippen LogP contribution < -0.4 is 10.1 Å². The van der Waals surface area contributed by atoms with E-state index in [1.807, 2.05) is 19.1 Å². The number of benzene rings is 3. The number of para-hydroxylation sites is 2. The smallest absolute Gasteiger partial charge is 0.303 e. The third kappa shape index (κ3) is 7.41. The zero-order valence-corrected chi connectivity index (χ0v) is 23.5. The van der Waals surface area contributed by atoms with E-state index in [0.29, 0.717) is 17.9 Å². The number of carboxylic acid groups (broad SMARTS) is 1. The van der Waals surface area contributed by atoms with Crippen molar-refractivity contribution in [3.05, 3.63) is 102 Å². The Labute approximate surface area is 236 Å². The van der Waals surface area contributed by atoms with Crippen LogP contribution in [0.3, 0.4) is 0 Å². The molecule has 0 aliphatic rings. The van der Waals surface area contributed by atoms with Crippen LogP contribution in [0.25, 0.3) is 16.5 Å². The van der Waals surface area contributed by atoms with Crippen LogP contribution in [0.2, 0.25) is 0 Å². The van der Waals surface area contributed by atoms with E-state index < -0.39 is 5.97 Å². The number of hydrogen-bond donors (Lipinski definition) is 2. The summed E-state index contributed by atoms with van der Waals surface area (Å²) in [4.78, 5) is 23.6. The number of aryl methyl sites for hydroxylation is 1. The summed E-state index contributed by atoms with van der Waals surface area (Å²) in [6.07, 6.45) is 7.59. The zero-order valence-electron chi connectivity index (χ0n) is 23.5. The number of carbonyl (C=O) groups excluding carboxylic acids is 1. The van der Waals surface area contributed by atoms with Crippen molar-refractivity contribution in [1.29, 1.82) is 0 Å². The fraction of sp³-hybridized carbons (Fsp3) is 0.294. The number of anilines is 1. The van der Waals surface area contributed by atoms with Gasteiger partial charge >= 0.3 is 5.97 Å². The minimum absolute atomic E-state index is 0.0372. The predicted octanol–water partition coefficient (Wildman–Crippen LogP) is 8.01. The number of allylic oxidation sites excluding steroid dienone is 1. The number of fused-ring (bicyclic) bond motifs is 1. The van der Waals surface area contributed by atoms with Crippen LogP contribution in [-0.4, -0.2) is 28.2 Å². The number of rotatable bonds is 13. The Kier molecular flexibility index (Phi) is 9.79. The fourth-order valence-electron chi connectivity index (χ4n) is 4.88. The largest absolute Gasteiger partial charge is 0.491 e. The highest BCUT2D eigenvalue weighted by atomic mass is 16.5. The molecular weight excluding hydrogens is 500 g/mol. The van der Waals surface area contributed by atoms with Crippen molar-refractivity contribution >= 4 is 34.0 Å². The van der Waals surface area contributed by atoms with Crippen LogP contribution in [0, 0.1) is 6.92 Å². The van der Waals surface area contributed by atoms with Gasteiger partial charge in [0.05, 0.1) is 18.3 Å². The van der Waals surface area contributed by atoms with Gasteiger partial charge in [-0.25, -0.2) is 0 Å². The van der Waals surface area contributed by atoms with E-state index in [0.717, 1.165) is 35.8 Å². The molecule has 3 aromatic carbocycles. The third-order valence-electron chi connectivity index (χ3n) is 7.09. The summed E-state index contributed by atoms with van der Waals surface area (Å²) >= 11 is 0. The molecule has 4 aromatic rings. The summed E-state index contributed by atoms with van der Waals surface area (Å²) in [5, 5.41) is 12.8. The molecule has 0 radical (unpaired) electrons. The van der Waals surface area contributed by atoms with E-state index in [-0.39, 0.29) is 25.0 Å². The molecule has 40 heavy (non-hydrogen) atoms. The first-order valence-corrected chi connectivity index (χ1v) is 14.0. The molecule has 4 rings (SSSR count). The average molecular weight is 539 g/mol. The molecule has 1 amide bonds. The third-order valence-corrected chi connectivity index (χ3v) is 7.09. The minimum atomic E-state index is -0.858. The van der Waals surface area contributed by atoms with Gasteiger partial charge in [-0.3, -0.25) is 9.59 Å². The second-order valence-corrected chi connectivity index (χ2v) is 10.2. The molecule has 208 valence electrons. The molecule has 0 bridgehead atoms. The van der Waals surface area contributed by atoms with Gasteiger partial charge in [0, 0.05) is 29.6 Å². The van der Waals surface area contributed by atoms with Crippen LogP contribution in [0.1, 0.15) is 68.7 Å². The van der Waals surface area contributed by atoms with E-state index >= 15 is 0 Å². The number of hydrogen-bond acceptors (Lipinski definition) is 3. The molecule has 0 aliphatic carbocycles. The Morgan fingerprint density at radius 2 is 1.80 bits per heavy atom. The topological polar surface area (TPSA) is 80.6 Å². The molecule has 0 fully saturated rings. The molecule has 1 atom stereocenters. The predicted molar refractivity (Wildman–Crippen MR) is 162 cm³/mol. The van der Waals surface area contributed by atoms with Gasteiger partial charge in [-0.1, -0.05) is 67.8 Å². The van der Waals surface area contributed by atoms with Gasteiger partial charge in [0.25, 0.3) is 0 Å². The van der Waals surface area contributed by atoms with Gasteiger partial charge in [0.15, 0.2) is 0 Å². The van der Waals surface area contributed by atoms with Crippen molar-refractivity contribution in [1.82, 2.24) is 4.57 Å². The van der Waals surface area contributed by atoms with Crippen molar-refractivity contribution in [2.45, 2.75) is 58.9 Å². The molecule has 1 aromatic heterocycles. The number of unbranched alkanes of at least 4 members (excludes halogenated alkanes) is 1. The molecule has 0 saturated carbocycles. The van der Waals surface area contributed by atoms with E-state index in [4.69, 9.17) is 9.84 Å². The number of nitrogens with one attached hydrogen (secondary N) is 1.